The molecule has 1 heterocycles. The molecule has 0 saturated heterocycles. The fourth-order valence-electron chi connectivity index (χ4n) is 0.553. The van der Waals surface area contributed by atoms with Crippen LogP contribution in [0.1, 0.15) is 4.44 Å². The molecule has 0 spiro atoms. The summed E-state index contributed by atoms with van der Waals surface area (Å²) in [5, 5.41) is 8.34. The Hall–Kier alpha value is -0.801. The zero-order chi connectivity index (χ0) is 7.56. The molecule has 0 aliphatic rings. The number of nitrogens with zero attached hydrogens (tertiary/aromatic N) is 1. The van der Waals surface area contributed by atoms with Crippen LogP contribution >= 0.6 is 0 Å². The second kappa shape index (κ2) is 2.86. The second-order valence-corrected chi connectivity index (χ2v) is 4.14. The van der Waals surface area contributed by atoms with Gasteiger partial charge >= 0.3 is 62.8 Å². The number of carboxylic acids is 1. The summed E-state index contributed by atoms with van der Waals surface area (Å²) < 4.78 is 1.39. The van der Waals surface area contributed by atoms with E-state index in [0.717, 1.165) is 4.44 Å². The van der Waals surface area contributed by atoms with Crippen molar-refractivity contribution >= 4 is 25.2 Å². The van der Waals surface area contributed by atoms with Gasteiger partial charge in [-0.2, -0.15) is 0 Å². The van der Waals surface area contributed by atoms with Crippen LogP contribution in [-0.2, 0) is 11.2 Å². The van der Waals surface area contributed by atoms with Gasteiger partial charge < -0.3 is 0 Å². The number of anilines is 1. The number of nitrogen functional groups attached to an aromatic ring is 1. The third-order valence-corrected chi connectivity index (χ3v) is 2.63. The van der Waals surface area contributed by atoms with Crippen molar-refractivity contribution in [1.29, 1.82) is 0 Å². The van der Waals surface area contributed by atoms with E-state index < -0.39 is 5.97 Å². The maximum atomic E-state index is 10.1. The molecule has 0 amide bonds. The van der Waals surface area contributed by atoms with E-state index in [4.69, 9.17) is 10.8 Å². The summed E-state index contributed by atoms with van der Waals surface area (Å²) in [7, 11) is 0. The number of aromatic nitrogens is 1. The van der Waals surface area contributed by atoms with Gasteiger partial charge in [0.15, 0.2) is 0 Å². The standard InChI is InChI=1S/C5H6N2O2Se/c6-5-7-2-3(10-5)1-4(8)9/h2H,1H2,(H2,6,7)(H,8,9). The van der Waals surface area contributed by atoms with E-state index in [1.165, 1.54) is 0 Å². The Kier molecular flexibility index (Phi) is 2.09. The van der Waals surface area contributed by atoms with Crippen LogP contribution in [0.15, 0.2) is 6.20 Å². The minimum absolute atomic E-state index is 0.0155. The van der Waals surface area contributed by atoms with E-state index in [9.17, 15) is 4.79 Å². The number of aliphatic carboxylic acids is 1. The van der Waals surface area contributed by atoms with Gasteiger partial charge in [-0.1, -0.05) is 0 Å². The van der Waals surface area contributed by atoms with Gasteiger partial charge in [-0.15, -0.1) is 0 Å². The average molecular weight is 205 g/mol. The van der Waals surface area contributed by atoms with Crippen molar-refractivity contribution in [3.05, 3.63) is 10.6 Å². The predicted octanol–water partition coefficient (Wildman–Crippen LogP) is -0.652. The Bertz CT molecular complexity index is 246. The number of nitrogens with two attached hydrogens (primary N) is 1. The topological polar surface area (TPSA) is 76.2 Å². The molecule has 1 rings (SSSR count). The summed E-state index contributed by atoms with van der Waals surface area (Å²) in [5.74, 6) is -0.821. The van der Waals surface area contributed by atoms with Gasteiger partial charge in [-0.25, -0.2) is 0 Å². The van der Waals surface area contributed by atoms with E-state index in [0.29, 0.717) is 4.69 Å². The van der Waals surface area contributed by atoms with Crippen LogP contribution < -0.4 is 5.73 Å². The Morgan fingerprint density at radius 2 is 2.60 bits per heavy atom. The molecule has 4 nitrogen and oxygen atoms in total. The molecule has 0 aliphatic heterocycles. The summed E-state index contributed by atoms with van der Waals surface area (Å²) in [6.45, 7) is 0. The van der Waals surface area contributed by atoms with E-state index >= 15 is 0 Å². The van der Waals surface area contributed by atoms with E-state index in [1.54, 1.807) is 6.20 Å². The number of carboxylic acid groups (broad SMARTS) is 1. The first-order chi connectivity index (χ1) is 4.68. The molecule has 54 valence electrons. The van der Waals surface area contributed by atoms with Crippen LogP contribution in [-0.4, -0.2) is 30.6 Å². The van der Waals surface area contributed by atoms with Crippen LogP contribution in [0.2, 0.25) is 0 Å². The summed E-state index contributed by atoms with van der Waals surface area (Å²) in [5.41, 5.74) is 5.33. The van der Waals surface area contributed by atoms with Crippen molar-refractivity contribution in [3.8, 4) is 0 Å². The molecule has 1 aromatic rings. The Balaban J connectivity index is 2.67. The normalized spacial score (nSPS) is 9.60. The van der Waals surface area contributed by atoms with Crippen molar-refractivity contribution in [1.82, 2.24) is 4.98 Å². The summed E-state index contributed by atoms with van der Waals surface area (Å²) in [6.07, 6.45) is 1.62. The maximum absolute atomic E-state index is 10.1. The van der Waals surface area contributed by atoms with Crippen LogP contribution in [0.4, 0.5) is 4.69 Å². The molecular weight excluding hydrogens is 199 g/mol. The van der Waals surface area contributed by atoms with Gasteiger partial charge in [0.1, 0.15) is 0 Å². The van der Waals surface area contributed by atoms with Crippen molar-refractivity contribution in [2.24, 2.45) is 0 Å². The van der Waals surface area contributed by atoms with Crippen LogP contribution in [0.25, 0.3) is 0 Å². The summed E-state index contributed by atoms with van der Waals surface area (Å²) >= 11 is -0.0155. The Morgan fingerprint density at radius 1 is 1.90 bits per heavy atom. The first-order valence-corrected chi connectivity index (χ1v) is 4.32. The second-order valence-electron chi connectivity index (χ2n) is 1.74. The first kappa shape index (κ1) is 7.31. The minimum atomic E-state index is -0.821. The van der Waals surface area contributed by atoms with Crippen molar-refractivity contribution in [2.45, 2.75) is 6.42 Å². The van der Waals surface area contributed by atoms with Gasteiger partial charge in [-0.05, 0) is 0 Å². The van der Waals surface area contributed by atoms with E-state index in [-0.39, 0.29) is 20.9 Å². The van der Waals surface area contributed by atoms with Crippen LogP contribution in [0, 0.1) is 0 Å². The summed E-state index contributed by atoms with van der Waals surface area (Å²) in [4.78, 5) is 13.9. The van der Waals surface area contributed by atoms with Gasteiger partial charge in [0.25, 0.3) is 0 Å². The summed E-state index contributed by atoms with van der Waals surface area (Å²) in [6, 6.07) is 0. The van der Waals surface area contributed by atoms with E-state index in [1.807, 2.05) is 0 Å². The number of rotatable bonds is 2. The molecule has 0 saturated carbocycles. The molecule has 5 heteroatoms. The monoisotopic (exact) mass is 206 g/mol. The quantitative estimate of drug-likeness (QED) is 0.629. The van der Waals surface area contributed by atoms with Crippen molar-refractivity contribution < 1.29 is 9.90 Å². The Morgan fingerprint density at radius 3 is 3.00 bits per heavy atom. The average Bonchev–Trinajstić information content (AvgIpc) is 2.13. The Labute approximate surface area is 63.4 Å². The van der Waals surface area contributed by atoms with Gasteiger partial charge in [0.05, 0.1) is 0 Å². The fourth-order valence-corrected chi connectivity index (χ4v) is 1.97. The molecule has 3 N–H and O–H groups in total. The third-order valence-electron chi connectivity index (χ3n) is 0.897. The first-order valence-electron chi connectivity index (χ1n) is 2.60. The molecule has 0 aromatic carbocycles. The van der Waals surface area contributed by atoms with Gasteiger partial charge in [-0.3, -0.25) is 0 Å². The molecule has 0 bridgehead atoms. The number of hydrogen-bond acceptors (Lipinski definition) is 3. The van der Waals surface area contributed by atoms with E-state index in [2.05, 4.69) is 4.98 Å². The van der Waals surface area contributed by atoms with Gasteiger partial charge in [0, 0.05) is 0 Å². The zero-order valence-corrected chi connectivity index (χ0v) is 6.79. The predicted molar refractivity (Wildman–Crippen MR) is 36.9 cm³/mol. The molecule has 0 aliphatic carbocycles. The van der Waals surface area contributed by atoms with Crippen molar-refractivity contribution in [2.75, 3.05) is 5.73 Å². The van der Waals surface area contributed by atoms with Crippen LogP contribution in [0.5, 0.6) is 0 Å². The zero-order valence-electron chi connectivity index (χ0n) is 5.07. The SMILES string of the molecule is Nc1ncc(CC(=O)O)[se]1. The molecule has 0 atom stereocenters. The van der Waals surface area contributed by atoms with Crippen LogP contribution in [0.3, 0.4) is 0 Å². The molecular formula is C5H6N2O2Se. The fraction of sp³-hybridized carbons (Fsp3) is 0.200. The molecule has 0 unspecified atom stereocenters. The number of carbonyl (C=O) groups is 1. The molecule has 0 fully saturated rings. The molecule has 0 radical (unpaired) electrons. The van der Waals surface area contributed by atoms with Crippen molar-refractivity contribution in [3.63, 3.8) is 0 Å². The van der Waals surface area contributed by atoms with Gasteiger partial charge in [0.2, 0.25) is 0 Å². The third kappa shape index (κ3) is 1.86. The molecule has 1 aromatic heterocycles. The number of hydrogen-bond donors (Lipinski definition) is 2. The molecule has 10 heavy (non-hydrogen) atoms.